The lowest BCUT2D eigenvalue weighted by molar-refractivity contribution is 0.269. The molecule has 118 valence electrons. The average Bonchev–Trinajstić information content (AvgIpc) is 2.53. The first kappa shape index (κ1) is 16.2. The number of nitrogens with one attached hydrogen (secondary N) is 1. The average molecular weight is 291 g/mol. The quantitative estimate of drug-likeness (QED) is 0.737. The van der Waals surface area contributed by atoms with Crippen LogP contribution in [0.4, 0.5) is 0 Å². The molecule has 0 saturated heterocycles. The van der Waals surface area contributed by atoms with Gasteiger partial charge in [-0.1, -0.05) is 32.6 Å². The molecule has 1 aliphatic carbocycles. The van der Waals surface area contributed by atoms with Crippen molar-refractivity contribution in [3.8, 4) is 11.5 Å². The Balaban J connectivity index is 1.49. The summed E-state index contributed by atoms with van der Waals surface area (Å²) in [6.07, 6.45) is 7.00. The smallest absolute Gasteiger partial charge is 0.119 e. The van der Waals surface area contributed by atoms with Gasteiger partial charge in [-0.05, 0) is 49.1 Å². The molecule has 1 N–H and O–H groups in total. The van der Waals surface area contributed by atoms with Crippen LogP contribution in [0.3, 0.4) is 0 Å². The first-order valence-electron chi connectivity index (χ1n) is 8.25. The molecule has 0 unspecified atom stereocenters. The third-order valence-electron chi connectivity index (χ3n) is 4.47. The maximum atomic E-state index is 5.69. The van der Waals surface area contributed by atoms with E-state index in [0.717, 1.165) is 36.4 Å². The highest BCUT2D eigenvalue weighted by atomic mass is 16.5. The molecular weight excluding hydrogens is 262 g/mol. The maximum Gasteiger partial charge on any atom is 0.119 e. The van der Waals surface area contributed by atoms with Crippen LogP contribution in [0.1, 0.15) is 39.0 Å². The predicted octanol–water partition coefficient (Wildman–Crippen LogP) is 3.88. The first-order valence-corrected chi connectivity index (χ1v) is 8.25. The molecule has 2 rings (SSSR count). The van der Waals surface area contributed by atoms with Gasteiger partial charge in [0, 0.05) is 6.54 Å². The van der Waals surface area contributed by atoms with Crippen LogP contribution in [0.15, 0.2) is 24.3 Å². The first-order chi connectivity index (χ1) is 10.3. The van der Waals surface area contributed by atoms with Gasteiger partial charge in [0.15, 0.2) is 0 Å². The van der Waals surface area contributed by atoms with Gasteiger partial charge in [-0.2, -0.15) is 0 Å². The SMILES string of the molecule is COc1ccc(OCCNCCC2CCC(C)CC2)cc1. The minimum atomic E-state index is 0.716. The van der Waals surface area contributed by atoms with Crippen LogP contribution in [0.5, 0.6) is 11.5 Å². The zero-order valence-corrected chi connectivity index (χ0v) is 13.4. The van der Waals surface area contributed by atoms with Crippen LogP contribution in [0.25, 0.3) is 0 Å². The lowest BCUT2D eigenvalue weighted by Gasteiger charge is -2.26. The van der Waals surface area contributed by atoms with E-state index in [1.807, 2.05) is 24.3 Å². The molecule has 0 amide bonds. The van der Waals surface area contributed by atoms with E-state index in [1.165, 1.54) is 32.1 Å². The fourth-order valence-electron chi connectivity index (χ4n) is 2.96. The van der Waals surface area contributed by atoms with Crippen molar-refractivity contribution in [1.82, 2.24) is 5.32 Å². The molecule has 1 saturated carbocycles. The van der Waals surface area contributed by atoms with Crippen LogP contribution in [-0.2, 0) is 0 Å². The van der Waals surface area contributed by atoms with Crippen molar-refractivity contribution < 1.29 is 9.47 Å². The third kappa shape index (κ3) is 5.96. The summed E-state index contributed by atoms with van der Waals surface area (Å²) >= 11 is 0. The van der Waals surface area contributed by atoms with Crippen molar-refractivity contribution in [1.29, 1.82) is 0 Å². The van der Waals surface area contributed by atoms with Crippen molar-refractivity contribution >= 4 is 0 Å². The van der Waals surface area contributed by atoms with Crippen LogP contribution in [0.2, 0.25) is 0 Å². The second-order valence-electron chi connectivity index (χ2n) is 6.19. The van der Waals surface area contributed by atoms with Crippen LogP contribution < -0.4 is 14.8 Å². The molecule has 1 fully saturated rings. The molecule has 1 aromatic rings. The van der Waals surface area contributed by atoms with Gasteiger partial charge in [-0.15, -0.1) is 0 Å². The van der Waals surface area contributed by atoms with E-state index in [0.29, 0.717) is 6.61 Å². The Kier molecular flexibility index (Phi) is 6.87. The molecule has 0 aromatic heterocycles. The van der Waals surface area contributed by atoms with Gasteiger partial charge in [0.2, 0.25) is 0 Å². The normalized spacial score (nSPS) is 22.0. The Labute approximate surface area is 129 Å². The Hall–Kier alpha value is -1.22. The predicted molar refractivity (Wildman–Crippen MR) is 87.1 cm³/mol. The Morgan fingerprint density at radius 3 is 2.33 bits per heavy atom. The molecule has 0 bridgehead atoms. The van der Waals surface area contributed by atoms with E-state index in [-0.39, 0.29) is 0 Å². The minimum Gasteiger partial charge on any atom is -0.497 e. The van der Waals surface area contributed by atoms with Gasteiger partial charge in [0.1, 0.15) is 18.1 Å². The number of methoxy groups -OCH3 is 1. The molecule has 0 heterocycles. The lowest BCUT2D eigenvalue weighted by atomic mass is 9.81. The Morgan fingerprint density at radius 1 is 1.00 bits per heavy atom. The standard InChI is InChI=1S/C18H29NO2/c1-15-3-5-16(6-4-15)11-12-19-13-14-21-18-9-7-17(20-2)8-10-18/h7-10,15-16,19H,3-6,11-14H2,1-2H3. The summed E-state index contributed by atoms with van der Waals surface area (Å²) < 4.78 is 10.8. The third-order valence-corrected chi connectivity index (χ3v) is 4.47. The van der Waals surface area contributed by atoms with Crippen molar-refractivity contribution in [2.75, 3.05) is 26.8 Å². The molecule has 3 nitrogen and oxygen atoms in total. The van der Waals surface area contributed by atoms with Gasteiger partial charge in [0.05, 0.1) is 7.11 Å². The molecule has 0 spiro atoms. The summed E-state index contributed by atoms with van der Waals surface area (Å²) in [6, 6.07) is 7.74. The summed E-state index contributed by atoms with van der Waals surface area (Å²) in [5, 5.41) is 3.49. The van der Waals surface area contributed by atoms with Crippen molar-refractivity contribution in [3.63, 3.8) is 0 Å². The topological polar surface area (TPSA) is 30.5 Å². The molecule has 0 radical (unpaired) electrons. The van der Waals surface area contributed by atoms with Gasteiger partial charge in [-0.25, -0.2) is 0 Å². The number of hydrogen-bond donors (Lipinski definition) is 1. The fourth-order valence-corrected chi connectivity index (χ4v) is 2.96. The van der Waals surface area contributed by atoms with Crippen molar-refractivity contribution in [2.24, 2.45) is 11.8 Å². The van der Waals surface area contributed by atoms with Gasteiger partial charge < -0.3 is 14.8 Å². The van der Waals surface area contributed by atoms with Gasteiger partial charge in [-0.3, -0.25) is 0 Å². The monoisotopic (exact) mass is 291 g/mol. The highest BCUT2D eigenvalue weighted by Crippen LogP contribution is 2.29. The van der Waals surface area contributed by atoms with Gasteiger partial charge >= 0.3 is 0 Å². The number of hydrogen-bond acceptors (Lipinski definition) is 3. The zero-order chi connectivity index (χ0) is 14.9. The number of benzene rings is 1. The van der Waals surface area contributed by atoms with Crippen LogP contribution in [0, 0.1) is 11.8 Å². The van der Waals surface area contributed by atoms with E-state index in [1.54, 1.807) is 7.11 Å². The zero-order valence-electron chi connectivity index (χ0n) is 13.4. The van der Waals surface area contributed by atoms with Crippen LogP contribution in [-0.4, -0.2) is 26.8 Å². The highest BCUT2D eigenvalue weighted by Gasteiger charge is 2.17. The molecule has 0 atom stereocenters. The second-order valence-corrected chi connectivity index (χ2v) is 6.19. The Morgan fingerprint density at radius 2 is 1.67 bits per heavy atom. The number of ether oxygens (including phenoxy) is 2. The summed E-state index contributed by atoms with van der Waals surface area (Å²) in [5.41, 5.74) is 0. The van der Waals surface area contributed by atoms with E-state index in [9.17, 15) is 0 Å². The molecule has 0 aliphatic heterocycles. The molecule has 1 aliphatic rings. The van der Waals surface area contributed by atoms with E-state index in [4.69, 9.17) is 9.47 Å². The highest BCUT2D eigenvalue weighted by molar-refractivity contribution is 5.31. The molecule has 1 aromatic carbocycles. The Bertz CT molecular complexity index is 383. The van der Waals surface area contributed by atoms with Crippen LogP contribution >= 0.6 is 0 Å². The summed E-state index contributed by atoms with van der Waals surface area (Å²) in [4.78, 5) is 0. The molecular formula is C18H29NO2. The fraction of sp³-hybridized carbons (Fsp3) is 0.667. The largest absolute Gasteiger partial charge is 0.497 e. The minimum absolute atomic E-state index is 0.716. The molecule has 21 heavy (non-hydrogen) atoms. The summed E-state index contributed by atoms with van der Waals surface area (Å²) in [5.74, 6) is 3.66. The van der Waals surface area contributed by atoms with E-state index < -0.39 is 0 Å². The number of rotatable bonds is 8. The van der Waals surface area contributed by atoms with Crippen molar-refractivity contribution in [3.05, 3.63) is 24.3 Å². The van der Waals surface area contributed by atoms with E-state index in [2.05, 4.69) is 12.2 Å². The van der Waals surface area contributed by atoms with Gasteiger partial charge in [0.25, 0.3) is 0 Å². The summed E-state index contributed by atoms with van der Waals surface area (Å²) in [6.45, 7) is 5.12. The second kappa shape index (κ2) is 8.93. The molecule has 3 heteroatoms. The van der Waals surface area contributed by atoms with E-state index >= 15 is 0 Å². The van der Waals surface area contributed by atoms with Crippen molar-refractivity contribution in [2.45, 2.75) is 39.0 Å². The maximum absolute atomic E-state index is 5.69. The lowest BCUT2D eigenvalue weighted by Crippen LogP contribution is -2.24. The summed E-state index contributed by atoms with van der Waals surface area (Å²) in [7, 11) is 1.67.